The summed E-state index contributed by atoms with van der Waals surface area (Å²) in [7, 11) is 0. The predicted molar refractivity (Wildman–Crippen MR) is 138 cm³/mol. The summed E-state index contributed by atoms with van der Waals surface area (Å²) >= 11 is 0. The van der Waals surface area contributed by atoms with E-state index in [-0.39, 0.29) is 17.5 Å². The van der Waals surface area contributed by atoms with Crippen LogP contribution in [0.4, 0.5) is 8.78 Å². The van der Waals surface area contributed by atoms with Crippen LogP contribution in [0.2, 0.25) is 0 Å². The van der Waals surface area contributed by atoms with Gasteiger partial charge in [0, 0.05) is 13.1 Å². The minimum absolute atomic E-state index is 0.162. The van der Waals surface area contributed by atoms with Crippen LogP contribution in [-0.2, 0) is 16.8 Å². The fraction of sp³-hybridized carbons (Fsp3) is 0.333. The number of amidine groups is 1. The van der Waals surface area contributed by atoms with Crippen LogP contribution >= 0.6 is 0 Å². The number of amides is 1. The van der Waals surface area contributed by atoms with Gasteiger partial charge in [0.05, 0.1) is 0 Å². The summed E-state index contributed by atoms with van der Waals surface area (Å²) in [4.78, 5) is 23.2. The van der Waals surface area contributed by atoms with E-state index in [4.69, 9.17) is 4.99 Å². The van der Waals surface area contributed by atoms with E-state index in [0.29, 0.717) is 29.4 Å². The number of carbonyl (C=O) groups excluding carboxylic acids is 1. The van der Waals surface area contributed by atoms with Gasteiger partial charge in [-0.15, -0.1) is 0 Å². The summed E-state index contributed by atoms with van der Waals surface area (Å²) in [5.41, 5.74) is 1.19. The normalized spacial score (nSPS) is 18.5. The number of carbonyl (C=O) groups is 1. The fourth-order valence-electron chi connectivity index (χ4n) is 5.42. The summed E-state index contributed by atoms with van der Waals surface area (Å²) in [6.45, 7) is 5.51. The van der Waals surface area contributed by atoms with E-state index in [1.807, 2.05) is 13.0 Å². The summed E-state index contributed by atoms with van der Waals surface area (Å²) < 4.78 is 27.4. The van der Waals surface area contributed by atoms with Gasteiger partial charge < -0.3 is 4.90 Å². The highest BCUT2D eigenvalue weighted by Gasteiger charge is 2.50. The van der Waals surface area contributed by atoms with Gasteiger partial charge in [-0.25, -0.2) is 13.8 Å². The van der Waals surface area contributed by atoms with Gasteiger partial charge in [0.15, 0.2) is 5.54 Å². The maximum absolute atomic E-state index is 14.0. The maximum Gasteiger partial charge on any atom is 0.265 e. The zero-order valence-electron chi connectivity index (χ0n) is 20.5. The van der Waals surface area contributed by atoms with Crippen LogP contribution < -0.4 is 0 Å². The molecule has 186 valence electrons. The van der Waals surface area contributed by atoms with Gasteiger partial charge in [-0.2, -0.15) is 0 Å². The zero-order chi connectivity index (χ0) is 25.1. The minimum Gasteiger partial charge on any atom is -0.303 e. The number of hydrogen-bond donors (Lipinski definition) is 0. The Balaban J connectivity index is 1.30. The van der Waals surface area contributed by atoms with Crippen LogP contribution in [0, 0.1) is 17.6 Å². The third-order valence-corrected chi connectivity index (χ3v) is 7.51. The molecule has 0 radical (unpaired) electrons. The SMILES string of the molecule is CC1=NC(c2ccc(F)cc2)(c2ccc(F)cc2)C(=O)N1CC1CCN(CCc2ccccc2)CC1. The second kappa shape index (κ2) is 10.3. The number of rotatable bonds is 7. The van der Waals surface area contributed by atoms with Crippen molar-refractivity contribution in [1.82, 2.24) is 9.80 Å². The van der Waals surface area contributed by atoms with Crippen molar-refractivity contribution in [3.8, 4) is 0 Å². The standard InChI is InChI=1S/C30H31F2N3O/c1-22-33-30(25-7-11-27(31)12-8-25,26-9-13-28(32)14-10-26)29(36)35(22)21-24-16-19-34(20-17-24)18-15-23-5-3-2-4-6-23/h2-14,24H,15-21H2,1H3. The number of halogens is 2. The molecule has 1 amide bonds. The fourth-order valence-corrected chi connectivity index (χ4v) is 5.42. The van der Waals surface area contributed by atoms with Gasteiger partial charge in [0.2, 0.25) is 0 Å². The Labute approximate surface area is 211 Å². The third-order valence-electron chi connectivity index (χ3n) is 7.51. The lowest BCUT2D eigenvalue weighted by Gasteiger charge is -2.34. The molecule has 0 aromatic heterocycles. The van der Waals surface area contributed by atoms with Crippen LogP contribution in [0.1, 0.15) is 36.5 Å². The molecule has 3 aromatic carbocycles. The number of nitrogens with zero attached hydrogens (tertiary/aromatic N) is 3. The number of piperidine rings is 1. The van der Waals surface area contributed by atoms with E-state index >= 15 is 0 Å². The molecule has 0 spiro atoms. The second-order valence-corrected chi connectivity index (χ2v) is 9.82. The average molecular weight is 488 g/mol. The molecule has 2 heterocycles. The minimum atomic E-state index is -1.33. The van der Waals surface area contributed by atoms with Gasteiger partial charge in [-0.1, -0.05) is 54.6 Å². The van der Waals surface area contributed by atoms with E-state index in [1.54, 1.807) is 29.2 Å². The Hall–Kier alpha value is -3.38. The van der Waals surface area contributed by atoms with Crippen LogP contribution in [-0.4, -0.2) is 47.7 Å². The first-order chi connectivity index (χ1) is 17.5. The predicted octanol–water partition coefficient (Wildman–Crippen LogP) is 5.42. The number of hydrogen-bond acceptors (Lipinski definition) is 3. The first-order valence-corrected chi connectivity index (χ1v) is 12.6. The molecule has 0 saturated carbocycles. The van der Waals surface area contributed by atoms with Gasteiger partial charge in [-0.05, 0) is 86.1 Å². The van der Waals surface area contributed by atoms with Crippen LogP contribution in [0.25, 0.3) is 0 Å². The van der Waals surface area contributed by atoms with Gasteiger partial charge in [0.1, 0.15) is 17.5 Å². The Bertz CT molecular complexity index is 1170. The summed E-state index contributed by atoms with van der Waals surface area (Å²) in [5, 5.41) is 0. The van der Waals surface area contributed by atoms with Crippen LogP contribution in [0.3, 0.4) is 0 Å². The lowest BCUT2D eigenvalue weighted by Crippen LogP contribution is -2.45. The zero-order valence-corrected chi connectivity index (χ0v) is 20.5. The second-order valence-electron chi connectivity index (χ2n) is 9.82. The quantitative estimate of drug-likeness (QED) is 0.446. The van der Waals surface area contributed by atoms with Crippen molar-refractivity contribution in [3.63, 3.8) is 0 Å². The summed E-state index contributed by atoms with van der Waals surface area (Å²) in [5.74, 6) is 0.0965. The van der Waals surface area contributed by atoms with E-state index in [9.17, 15) is 13.6 Å². The molecule has 1 saturated heterocycles. The molecule has 36 heavy (non-hydrogen) atoms. The monoisotopic (exact) mass is 487 g/mol. The molecule has 0 N–H and O–H groups in total. The van der Waals surface area contributed by atoms with Gasteiger partial charge in [-0.3, -0.25) is 9.69 Å². The lowest BCUT2D eigenvalue weighted by molar-refractivity contribution is -0.130. The topological polar surface area (TPSA) is 35.9 Å². The van der Waals surface area contributed by atoms with E-state index in [2.05, 4.69) is 29.2 Å². The van der Waals surface area contributed by atoms with E-state index < -0.39 is 5.54 Å². The summed E-state index contributed by atoms with van der Waals surface area (Å²) in [6, 6.07) is 22.3. The highest BCUT2D eigenvalue weighted by Crippen LogP contribution is 2.41. The first kappa shape index (κ1) is 24.3. The smallest absolute Gasteiger partial charge is 0.265 e. The maximum atomic E-state index is 14.0. The molecule has 3 aromatic rings. The van der Waals surface area contributed by atoms with Crippen LogP contribution in [0.15, 0.2) is 83.9 Å². The Morgan fingerprint density at radius 3 is 1.97 bits per heavy atom. The molecule has 0 unspecified atom stereocenters. The Morgan fingerprint density at radius 2 is 1.42 bits per heavy atom. The van der Waals surface area contributed by atoms with Crippen molar-refractivity contribution >= 4 is 11.7 Å². The van der Waals surface area contributed by atoms with Crippen molar-refractivity contribution in [1.29, 1.82) is 0 Å². The summed E-state index contributed by atoms with van der Waals surface area (Å²) in [6.07, 6.45) is 3.08. The Morgan fingerprint density at radius 1 is 0.861 bits per heavy atom. The molecule has 0 aliphatic carbocycles. The molecule has 0 atom stereocenters. The average Bonchev–Trinajstić information content (AvgIpc) is 3.15. The van der Waals surface area contributed by atoms with Crippen molar-refractivity contribution in [2.75, 3.05) is 26.2 Å². The van der Waals surface area contributed by atoms with E-state index in [0.717, 1.165) is 38.9 Å². The Kier molecular flexibility index (Phi) is 6.97. The molecule has 2 aliphatic heterocycles. The van der Waals surface area contributed by atoms with Crippen molar-refractivity contribution in [2.24, 2.45) is 10.9 Å². The number of benzene rings is 3. The van der Waals surface area contributed by atoms with Crippen molar-refractivity contribution < 1.29 is 13.6 Å². The largest absolute Gasteiger partial charge is 0.303 e. The lowest BCUT2D eigenvalue weighted by atomic mass is 9.82. The number of likely N-dealkylation sites (tertiary alicyclic amines) is 1. The van der Waals surface area contributed by atoms with Crippen LogP contribution in [0.5, 0.6) is 0 Å². The number of aliphatic imine (C=N–C) groups is 1. The molecular formula is C30H31F2N3O. The van der Waals surface area contributed by atoms with E-state index in [1.165, 1.54) is 29.8 Å². The molecule has 5 rings (SSSR count). The molecule has 4 nitrogen and oxygen atoms in total. The van der Waals surface area contributed by atoms with Crippen molar-refractivity contribution in [2.45, 2.75) is 31.7 Å². The molecule has 2 aliphatic rings. The highest BCUT2D eigenvalue weighted by molar-refractivity contribution is 6.09. The molecule has 1 fully saturated rings. The van der Waals surface area contributed by atoms with Crippen molar-refractivity contribution in [3.05, 3.63) is 107 Å². The van der Waals surface area contributed by atoms with Gasteiger partial charge >= 0.3 is 0 Å². The molecule has 6 heteroatoms. The molecule has 0 bridgehead atoms. The third kappa shape index (κ3) is 4.82. The molecular weight excluding hydrogens is 456 g/mol. The first-order valence-electron chi connectivity index (χ1n) is 12.6. The van der Waals surface area contributed by atoms with Gasteiger partial charge in [0.25, 0.3) is 5.91 Å². The highest BCUT2D eigenvalue weighted by atomic mass is 19.1.